The van der Waals surface area contributed by atoms with E-state index >= 15 is 0 Å². The normalized spacial score (nSPS) is 19.6. The Bertz CT molecular complexity index is 301. The molecular formula is C10H19N5. The first-order chi connectivity index (χ1) is 7.28. The number of nitrogens with two attached hydrogens (primary N) is 1. The van der Waals surface area contributed by atoms with Gasteiger partial charge < -0.3 is 5.73 Å². The molecule has 1 aliphatic heterocycles. The molecule has 0 amide bonds. The maximum Gasteiger partial charge on any atom is 0.0966 e. The summed E-state index contributed by atoms with van der Waals surface area (Å²) in [7, 11) is 1.90. The SMILES string of the molecule is Cn1cc(CN2CCC(CN)CC2)nn1. The third kappa shape index (κ3) is 2.76. The Morgan fingerprint density at radius 3 is 2.73 bits per heavy atom. The molecule has 1 aliphatic rings. The molecule has 1 aromatic rings. The van der Waals surface area contributed by atoms with Crippen LogP contribution in [0.15, 0.2) is 6.20 Å². The number of hydrogen-bond donors (Lipinski definition) is 1. The first-order valence-corrected chi connectivity index (χ1v) is 5.55. The van der Waals surface area contributed by atoms with E-state index in [1.54, 1.807) is 4.68 Å². The number of aromatic nitrogens is 3. The van der Waals surface area contributed by atoms with Crippen LogP contribution in [0.1, 0.15) is 18.5 Å². The number of aryl methyl sites for hydroxylation is 1. The van der Waals surface area contributed by atoms with Crippen LogP contribution in [-0.2, 0) is 13.6 Å². The van der Waals surface area contributed by atoms with Gasteiger partial charge in [0.05, 0.1) is 5.69 Å². The summed E-state index contributed by atoms with van der Waals surface area (Å²) in [5, 5.41) is 8.03. The summed E-state index contributed by atoms with van der Waals surface area (Å²) in [5.74, 6) is 0.725. The highest BCUT2D eigenvalue weighted by molar-refractivity contribution is 4.92. The summed E-state index contributed by atoms with van der Waals surface area (Å²) in [6.07, 6.45) is 4.42. The number of hydrogen-bond acceptors (Lipinski definition) is 4. The standard InChI is InChI=1S/C10H19N5/c1-14-7-10(12-13-14)8-15-4-2-9(6-11)3-5-15/h7,9H,2-6,8,11H2,1H3. The van der Waals surface area contributed by atoms with Gasteiger partial charge in [-0.2, -0.15) is 0 Å². The minimum atomic E-state index is 0.725. The molecule has 15 heavy (non-hydrogen) atoms. The minimum Gasteiger partial charge on any atom is -0.330 e. The van der Waals surface area contributed by atoms with Crippen molar-refractivity contribution in [2.75, 3.05) is 19.6 Å². The largest absolute Gasteiger partial charge is 0.330 e. The molecule has 1 saturated heterocycles. The topological polar surface area (TPSA) is 60.0 Å². The molecule has 5 nitrogen and oxygen atoms in total. The van der Waals surface area contributed by atoms with E-state index in [2.05, 4.69) is 15.2 Å². The second kappa shape index (κ2) is 4.72. The molecule has 5 heteroatoms. The van der Waals surface area contributed by atoms with Crippen molar-refractivity contribution < 1.29 is 0 Å². The fourth-order valence-corrected chi connectivity index (χ4v) is 2.08. The molecule has 2 heterocycles. The quantitative estimate of drug-likeness (QED) is 0.760. The van der Waals surface area contributed by atoms with Gasteiger partial charge in [0.25, 0.3) is 0 Å². The number of piperidine rings is 1. The van der Waals surface area contributed by atoms with Gasteiger partial charge >= 0.3 is 0 Å². The van der Waals surface area contributed by atoms with Gasteiger partial charge in [-0.1, -0.05) is 5.21 Å². The van der Waals surface area contributed by atoms with Crippen LogP contribution in [0, 0.1) is 5.92 Å². The maximum absolute atomic E-state index is 5.66. The molecule has 0 spiro atoms. The van der Waals surface area contributed by atoms with Gasteiger partial charge in [-0.05, 0) is 38.4 Å². The first kappa shape index (κ1) is 10.6. The van der Waals surface area contributed by atoms with Crippen molar-refractivity contribution in [1.82, 2.24) is 19.9 Å². The first-order valence-electron chi connectivity index (χ1n) is 5.55. The van der Waals surface area contributed by atoms with Crippen LogP contribution in [0.3, 0.4) is 0 Å². The maximum atomic E-state index is 5.66. The zero-order valence-corrected chi connectivity index (χ0v) is 9.26. The number of nitrogens with zero attached hydrogens (tertiary/aromatic N) is 4. The van der Waals surface area contributed by atoms with Crippen molar-refractivity contribution in [3.63, 3.8) is 0 Å². The lowest BCUT2D eigenvalue weighted by Gasteiger charge is -2.30. The molecule has 2 N–H and O–H groups in total. The van der Waals surface area contributed by atoms with E-state index in [9.17, 15) is 0 Å². The van der Waals surface area contributed by atoms with Gasteiger partial charge in [0.2, 0.25) is 0 Å². The second-order valence-corrected chi connectivity index (χ2v) is 4.34. The van der Waals surface area contributed by atoms with E-state index in [1.807, 2.05) is 13.2 Å². The van der Waals surface area contributed by atoms with E-state index in [0.29, 0.717) is 0 Å². The van der Waals surface area contributed by atoms with Crippen molar-refractivity contribution in [3.05, 3.63) is 11.9 Å². The lowest BCUT2D eigenvalue weighted by atomic mass is 9.97. The van der Waals surface area contributed by atoms with Crippen molar-refractivity contribution in [2.45, 2.75) is 19.4 Å². The third-order valence-corrected chi connectivity index (χ3v) is 3.08. The van der Waals surface area contributed by atoms with Crippen molar-refractivity contribution in [2.24, 2.45) is 18.7 Å². The highest BCUT2D eigenvalue weighted by atomic mass is 15.4. The van der Waals surface area contributed by atoms with Crippen LogP contribution >= 0.6 is 0 Å². The molecule has 0 aromatic carbocycles. The predicted molar refractivity (Wildman–Crippen MR) is 58.1 cm³/mol. The van der Waals surface area contributed by atoms with Crippen LogP contribution in [0.2, 0.25) is 0 Å². The van der Waals surface area contributed by atoms with Crippen LogP contribution in [0.25, 0.3) is 0 Å². The third-order valence-electron chi connectivity index (χ3n) is 3.08. The Labute approximate surface area is 90.2 Å². The molecule has 2 rings (SSSR count). The van der Waals surface area contributed by atoms with Gasteiger partial charge in [-0.15, -0.1) is 5.10 Å². The molecule has 1 aromatic heterocycles. The lowest BCUT2D eigenvalue weighted by Crippen LogP contribution is -2.35. The Kier molecular flexibility index (Phi) is 3.33. The molecule has 0 atom stereocenters. The molecule has 0 radical (unpaired) electrons. The van der Waals surface area contributed by atoms with Gasteiger partial charge in [0, 0.05) is 19.8 Å². The van der Waals surface area contributed by atoms with Gasteiger partial charge in [0.1, 0.15) is 0 Å². The zero-order valence-electron chi connectivity index (χ0n) is 9.26. The van der Waals surface area contributed by atoms with Gasteiger partial charge in [0.15, 0.2) is 0 Å². The van der Waals surface area contributed by atoms with E-state index in [-0.39, 0.29) is 0 Å². The molecular weight excluding hydrogens is 190 g/mol. The van der Waals surface area contributed by atoms with Crippen LogP contribution in [0.4, 0.5) is 0 Å². The lowest BCUT2D eigenvalue weighted by molar-refractivity contribution is 0.178. The Balaban J connectivity index is 1.82. The van der Waals surface area contributed by atoms with Crippen molar-refractivity contribution >= 4 is 0 Å². The van der Waals surface area contributed by atoms with Crippen molar-refractivity contribution in [1.29, 1.82) is 0 Å². The summed E-state index contributed by atoms with van der Waals surface area (Å²) >= 11 is 0. The van der Waals surface area contributed by atoms with E-state index in [1.165, 1.54) is 12.8 Å². The second-order valence-electron chi connectivity index (χ2n) is 4.34. The molecule has 1 fully saturated rings. The predicted octanol–water partition coefficient (Wildman–Crippen LogP) is -0.0142. The summed E-state index contributed by atoms with van der Waals surface area (Å²) in [5.41, 5.74) is 6.72. The van der Waals surface area contributed by atoms with Crippen molar-refractivity contribution in [3.8, 4) is 0 Å². The van der Waals surface area contributed by atoms with Gasteiger partial charge in [-0.3, -0.25) is 9.58 Å². The highest BCUT2D eigenvalue weighted by Gasteiger charge is 2.18. The smallest absolute Gasteiger partial charge is 0.0966 e. The van der Waals surface area contributed by atoms with Crippen LogP contribution < -0.4 is 5.73 Å². The van der Waals surface area contributed by atoms with E-state index in [0.717, 1.165) is 37.8 Å². The van der Waals surface area contributed by atoms with Gasteiger partial charge in [-0.25, -0.2) is 0 Å². The fraction of sp³-hybridized carbons (Fsp3) is 0.800. The zero-order chi connectivity index (χ0) is 10.7. The molecule has 84 valence electrons. The minimum absolute atomic E-state index is 0.725. The molecule has 0 saturated carbocycles. The summed E-state index contributed by atoms with van der Waals surface area (Å²) in [6, 6.07) is 0. The number of likely N-dealkylation sites (tertiary alicyclic amines) is 1. The fourth-order valence-electron chi connectivity index (χ4n) is 2.08. The average Bonchev–Trinajstić information content (AvgIpc) is 2.65. The summed E-state index contributed by atoms with van der Waals surface area (Å²) in [6.45, 7) is 4.03. The average molecular weight is 209 g/mol. The van der Waals surface area contributed by atoms with E-state index in [4.69, 9.17) is 5.73 Å². The molecule has 0 bridgehead atoms. The summed E-state index contributed by atoms with van der Waals surface area (Å²) in [4.78, 5) is 2.43. The Morgan fingerprint density at radius 1 is 1.47 bits per heavy atom. The monoisotopic (exact) mass is 209 g/mol. The Morgan fingerprint density at radius 2 is 2.20 bits per heavy atom. The number of rotatable bonds is 3. The van der Waals surface area contributed by atoms with Crippen LogP contribution in [-0.4, -0.2) is 39.5 Å². The van der Waals surface area contributed by atoms with Crippen LogP contribution in [0.5, 0.6) is 0 Å². The molecule has 0 aliphatic carbocycles. The molecule has 0 unspecified atom stereocenters. The van der Waals surface area contributed by atoms with E-state index < -0.39 is 0 Å². The highest BCUT2D eigenvalue weighted by Crippen LogP contribution is 2.16. The summed E-state index contributed by atoms with van der Waals surface area (Å²) < 4.78 is 1.75. The Hall–Kier alpha value is -0.940.